The Morgan fingerprint density at radius 2 is 1.97 bits per heavy atom. The standard InChI is InChI=1S/C27H33FN8O2/c28-18-4-5-20-21(7-13-38-23(20)15-18)32-25(37)17-2-1-3-19(14-17)34-27(8-11-29-12-9-27)26-33-24(35-36-26)22-6-10-30-16-31-22/h1-5,14-15,21-22,29-31,34H,6-13,16H2,(H,32,37)(H,33,35,36)/t21-,22?/m1/s1. The third-order valence-corrected chi connectivity index (χ3v) is 7.63. The molecule has 3 aromatic rings. The number of piperidine rings is 1. The molecular formula is C27H33FN8O2. The van der Waals surface area contributed by atoms with E-state index in [0.29, 0.717) is 24.3 Å². The number of ether oxygens (including phenoxy) is 1. The second-order valence-corrected chi connectivity index (χ2v) is 10.1. The number of fused-ring (bicyclic) bond motifs is 1. The van der Waals surface area contributed by atoms with Crippen LogP contribution in [0.3, 0.4) is 0 Å². The topological polar surface area (TPSA) is 128 Å². The SMILES string of the molecule is O=C(N[C@@H]1CCOc2cc(F)ccc21)c1cccc(NC2(c3n[nH]c(C4CCNCN4)n3)CCNCC2)c1. The minimum Gasteiger partial charge on any atom is -0.493 e. The highest BCUT2D eigenvalue weighted by atomic mass is 19.1. The Kier molecular flexibility index (Phi) is 6.96. The van der Waals surface area contributed by atoms with E-state index in [1.54, 1.807) is 12.1 Å². The van der Waals surface area contributed by atoms with Gasteiger partial charge in [0.1, 0.15) is 22.9 Å². The van der Waals surface area contributed by atoms with Crippen LogP contribution in [0, 0.1) is 5.82 Å². The largest absolute Gasteiger partial charge is 0.493 e. The summed E-state index contributed by atoms with van der Waals surface area (Å²) >= 11 is 0. The summed E-state index contributed by atoms with van der Waals surface area (Å²) in [7, 11) is 0. The Bertz CT molecular complexity index is 1290. The fourth-order valence-corrected chi connectivity index (χ4v) is 5.54. The lowest BCUT2D eigenvalue weighted by Gasteiger charge is -2.37. The lowest BCUT2D eigenvalue weighted by atomic mass is 9.87. The van der Waals surface area contributed by atoms with Gasteiger partial charge in [-0.3, -0.25) is 15.2 Å². The average Bonchev–Trinajstić information content (AvgIpc) is 3.46. The molecule has 0 radical (unpaired) electrons. The monoisotopic (exact) mass is 520 g/mol. The summed E-state index contributed by atoms with van der Waals surface area (Å²) < 4.78 is 19.2. The molecular weight excluding hydrogens is 487 g/mol. The minimum atomic E-state index is -0.453. The van der Waals surface area contributed by atoms with Gasteiger partial charge in [0.2, 0.25) is 0 Å². The maximum atomic E-state index is 13.6. The number of nitrogens with zero attached hydrogens (tertiary/aromatic N) is 2. The lowest BCUT2D eigenvalue weighted by Crippen LogP contribution is -2.46. The highest BCUT2D eigenvalue weighted by molar-refractivity contribution is 5.95. The summed E-state index contributed by atoms with van der Waals surface area (Å²) in [4.78, 5) is 18.2. The Hall–Kier alpha value is -3.54. The van der Waals surface area contributed by atoms with Gasteiger partial charge < -0.3 is 26.0 Å². The number of aromatic nitrogens is 3. The predicted molar refractivity (Wildman–Crippen MR) is 140 cm³/mol. The summed E-state index contributed by atoms with van der Waals surface area (Å²) in [5.74, 6) is 1.54. The highest BCUT2D eigenvalue weighted by Gasteiger charge is 2.38. The molecule has 10 nitrogen and oxygen atoms in total. The molecule has 0 saturated carbocycles. The summed E-state index contributed by atoms with van der Waals surface area (Å²) in [5.41, 5.74) is 1.72. The fraction of sp³-hybridized carbons (Fsp3) is 0.444. The normalized spacial score (nSPS) is 22.7. The van der Waals surface area contributed by atoms with Crippen molar-refractivity contribution in [3.8, 4) is 5.75 Å². The third-order valence-electron chi connectivity index (χ3n) is 7.63. The van der Waals surface area contributed by atoms with E-state index in [2.05, 4.69) is 36.8 Å². The molecule has 1 amide bonds. The number of aromatic amines is 1. The van der Waals surface area contributed by atoms with Crippen LogP contribution in [0.5, 0.6) is 5.75 Å². The summed E-state index contributed by atoms with van der Waals surface area (Å²) in [6.07, 6.45) is 3.20. The zero-order valence-electron chi connectivity index (χ0n) is 21.1. The van der Waals surface area contributed by atoms with Crippen LogP contribution in [0.25, 0.3) is 0 Å². The molecule has 2 fully saturated rings. The molecule has 0 spiro atoms. The molecule has 4 heterocycles. The first-order chi connectivity index (χ1) is 18.6. The number of rotatable bonds is 6. The lowest BCUT2D eigenvalue weighted by molar-refractivity contribution is 0.0924. The van der Waals surface area contributed by atoms with Crippen molar-refractivity contribution in [2.75, 3.05) is 38.2 Å². The van der Waals surface area contributed by atoms with Gasteiger partial charge in [0.15, 0.2) is 5.82 Å². The number of benzene rings is 2. The van der Waals surface area contributed by atoms with Crippen LogP contribution >= 0.6 is 0 Å². The highest BCUT2D eigenvalue weighted by Crippen LogP contribution is 2.35. The van der Waals surface area contributed by atoms with E-state index in [1.807, 2.05) is 18.2 Å². The summed E-state index contributed by atoms with van der Waals surface area (Å²) in [5, 5.41) is 24.7. The van der Waals surface area contributed by atoms with Crippen molar-refractivity contribution < 1.29 is 13.9 Å². The van der Waals surface area contributed by atoms with Crippen molar-refractivity contribution in [3.05, 3.63) is 71.1 Å². The Balaban J connectivity index is 1.20. The Morgan fingerprint density at radius 3 is 2.82 bits per heavy atom. The van der Waals surface area contributed by atoms with Gasteiger partial charge in [-0.05, 0) is 63.2 Å². The predicted octanol–water partition coefficient (Wildman–Crippen LogP) is 2.47. The molecule has 0 bridgehead atoms. The molecule has 6 N–H and O–H groups in total. The zero-order valence-corrected chi connectivity index (χ0v) is 21.1. The van der Waals surface area contributed by atoms with Crippen molar-refractivity contribution in [2.24, 2.45) is 0 Å². The second-order valence-electron chi connectivity index (χ2n) is 10.1. The third kappa shape index (κ3) is 5.09. The van der Waals surface area contributed by atoms with Crippen molar-refractivity contribution in [1.29, 1.82) is 0 Å². The molecule has 200 valence electrons. The van der Waals surface area contributed by atoms with E-state index in [-0.39, 0.29) is 23.8 Å². The van der Waals surface area contributed by atoms with Crippen molar-refractivity contribution >= 4 is 11.6 Å². The molecule has 2 atom stereocenters. The Morgan fingerprint density at radius 1 is 1.08 bits per heavy atom. The number of hydrogen-bond acceptors (Lipinski definition) is 8. The van der Waals surface area contributed by atoms with Gasteiger partial charge in [0, 0.05) is 36.0 Å². The van der Waals surface area contributed by atoms with Gasteiger partial charge in [-0.15, -0.1) is 0 Å². The van der Waals surface area contributed by atoms with Gasteiger partial charge in [-0.1, -0.05) is 12.1 Å². The number of carbonyl (C=O) groups excluding carboxylic acids is 1. The number of anilines is 1. The Labute approximate surface area is 220 Å². The molecule has 38 heavy (non-hydrogen) atoms. The maximum Gasteiger partial charge on any atom is 0.251 e. The van der Waals surface area contributed by atoms with Crippen molar-refractivity contribution in [2.45, 2.75) is 43.3 Å². The fourth-order valence-electron chi connectivity index (χ4n) is 5.54. The first-order valence-corrected chi connectivity index (χ1v) is 13.3. The molecule has 1 aromatic heterocycles. The second kappa shape index (κ2) is 10.7. The first kappa shape index (κ1) is 24.8. The molecule has 2 aromatic carbocycles. The summed E-state index contributed by atoms with van der Waals surface area (Å²) in [6.45, 7) is 3.79. The van der Waals surface area contributed by atoms with Crippen LogP contribution < -0.4 is 31.3 Å². The number of H-pyrrole nitrogens is 1. The van der Waals surface area contributed by atoms with E-state index >= 15 is 0 Å². The molecule has 0 aliphatic carbocycles. The van der Waals surface area contributed by atoms with Crippen LogP contribution in [0.2, 0.25) is 0 Å². The van der Waals surface area contributed by atoms with Gasteiger partial charge in [-0.2, -0.15) is 5.10 Å². The van der Waals surface area contributed by atoms with Gasteiger partial charge in [0.25, 0.3) is 5.91 Å². The molecule has 3 aliphatic heterocycles. The first-order valence-electron chi connectivity index (χ1n) is 13.3. The van der Waals surface area contributed by atoms with E-state index in [1.165, 1.54) is 12.1 Å². The van der Waals surface area contributed by atoms with Gasteiger partial charge in [-0.25, -0.2) is 9.37 Å². The van der Waals surface area contributed by atoms with Crippen LogP contribution in [0.4, 0.5) is 10.1 Å². The van der Waals surface area contributed by atoms with Gasteiger partial charge >= 0.3 is 0 Å². The maximum absolute atomic E-state index is 13.6. The summed E-state index contributed by atoms with van der Waals surface area (Å²) in [6, 6.07) is 11.9. The number of nitrogens with one attached hydrogen (secondary N) is 6. The molecule has 6 rings (SSSR count). The zero-order chi connectivity index (χ0) is 26.0. The number of amides is 1. The molecule has 11 heteroatoms. The van der Waals surface area contributed by atoms with Crippen molar-refractivity contribution in [3.63, 3.8) is 0 Å². The van der Waals surface area contributed by atoms with E-state index in [0.717, 1.165) is 68.5 Å². The van der Waals surface area contributed by atoms with E-state index in [9.17, 15) is 9.18 Å². The van der Waals surface area contributed by atoms with Crippen molar-refractivity contribution in [1.82, 2.24) is 36.4 Å². The van der Waals surface area contributed by atoms with Crippen LogP contribution in [-0.2, 0) is 5.54 Å². The number of halogens is 1. The van der Waals surface area contributed by atoms with Crippen LogP contribution in [-0.4, -0.2) is 54.0 Å². The minimum absolute atomic E-state index is 0.148. The smallest absolute Gasteiger partial charge is 0.251 e. The molecule has 1 unspecified atom stereocenters. The van der Waals surface area contributed by atoms with Crippen LogP contribution in [0.1, 0.15) is 65.3 Å². The van der Waals surface area contributed by atoms with Gasteiger partial charge in [0.05, 0.1) is 18.7 Å². The molecule has 2 saturated heterocycles. The molecule has 3 aliphatic rings. The number of hydrogen-bond donors (Lipinski definition) is 6. The quantitative estimate of drug-likeness (QED) is 0.293. The average molecular weight is 521 g/mol. The van der Waals surface area contributed by atoms with E-state index < -0.39 is 5.54 Å². The number of carbonyl (C=O) groups is 1. The van der Waals surface area contributed by atoms with E-state index in [4.69, 9.17) is 9.72 Å². The van der Waals surface area contributed by atoms with Crippen LogP contribution in [0.15, 0.2) is 42.5 Å².